The highest BCUT2D eigenvalue weighted by atomic mass is 16.3. The molecule has 11 heavy (non-hydrogen) atoms. The van der Waals surface area contributed by atoms with Crippen LogP contribution in [-0.2, 0) is 0 Å². The summed E-state index contributed by atoms with van der Waals surface area (Å²) in [6, 6.07) is 0. The van der Waals surface area contributed by atoms with Gasteiger partial charge in [-0.3, -0.25) is 0 Å². The summed E-state index contributed by atoms with van der Waals surface area (Å²) in [5, 5.41) is 18.1. The summed E-state index contributed by atoms with van der Waals surface area (Å²) in [6.45, 7) is 5.65. The van der Waals surface area contributed by atoms with E-state index in [0.29, 0.717) is 5.92 Å². The van der Waals surface area contributed by atoms with Crippen LogP contribution in [0.5, 0.6) is 0 Å². The van der Waals surface area contributed by atoms with Crippen molar-refractivity contribution in [3.8, 4) is 0 Å². The molecule has 0 fully saturated rings. The van der Waals surface area contributed by atoms with Crippen molar-refractivity contribution in [3.05, 3.63) is 0 Å². The predicted octanol–water partition coefficient (Wildman–Crippen LogP) is 1.55. The molecule has 0 saturated carbocycles. The standard InChI is InChI=1S/C9H20O2/c1-7(9(3)11)5-4-6-8(2)10/h7-11H,4-6H2,1-3H3/t7-,8?,9+/m1/s1. The normalized spacial score (nSPS) is 19.4. The van der Waals surface area contributed by atoms with E-state index in [1.165, 1.54) is 0 Å². The van der Waals surface area contributed by atoms with Crippen LogP contribution >= 0.6 is 0 Å². The van der Waals surface area contributed by atoms with Gasteiger partial charge < -0.3 is 10.2 Å². The van der Waals surface area contributed by atoms with Gasteiger partial charge in [-0.05, 0) is 32.6 Å². The van der Waals surface area contributed by atoms with E-state index in [-0.39, 0.29) is 12.2 Å². The lowest BCUT2D eigenvalue weighted by Gasteiger charge is -2.14. The first kappa shape index (κ1) is 10.9. The van der Waals surface area contributed by atoms with Gasteiger partial charge in [0.1, 0.15) is 0 Å². The molecule has 2 nitrogen and oxygen atoms in total. The Morgan fingerprint density at radius 1 is 1.00 bits per heavy atom. The van der Waals surface area contributed by atoms with Crippen molar-refractivity contribution in [3.63, 3.8) is 0 Å². The molecule has 0 aromatic rings. The van der Waals surface area contributed by atoms with Crippen molar-refractivity contribution in [1.82, 2.24) is 0 Å². The highest BCUT2D eigenvalue weighted by Gasteiger charge is 2.08. The van der Waals surface area contributed by atoms with E-state index in [9.17, 15) is 0 Å². The lowest BCUT2D eigenvalue weighted by Crippen LogP contribution is -2.13. The van der Waals surface area contributed by atoms with Crippen LogP contribution in [0, 0.1) is 5.92 Å². The van der Waals surface area contributed by atoms with Gasteiger partial charge in [-0.25, -0.2) is 0 Å². The molecular weight excluding hydrogens is 140 g/mol. The van der Waals surface area contributed by atoms with Crippen LogP contribution in [0.2, 0.25) is 0 Å². The molecular formula is C9H20O2. The Hall–Kier alpha value is -0.0800. The monoisotopic (exact) mass is 160 g/mol. The van der Waals surface area contributed by atoms with Crippen molar-refractivity contribution in [2.45, 2.75) is 52.2 Å². The molecule has 3 atom stereocenters. The zero-order chi connectivity index (χ0) is 8.85. The topological polar surface area (TPSA) is 40.5 Å². The van der Waals surface area contributed by atoms with Gasteiger partial charge in [0.05, 0.1) is 12.2 Å². The zero-order valence-electron chi connectivity index (χ0n) is 7.75. The number of hydrogen-bond acceptors (Lipinski definition) is 2. The average Bonchev–Trinajstić information content (AvgIpc) is 1.86. The van der Waals surface area contributed by atoms with Gasteiger partial charge in [0.15, 0.2) is 0 Å². The Morgan fingerprint density at radius 2 is 1.55 bits per heavy atom. The molecule has 0 saturated heterocycles. The van der Waals surface area contributed by atoms with Crippen molar-refractivity contribution >= 4 is 0 Å². The van der Waals surface area contributed by atoms with Crippen molar-refractivity contribution in [2.24, 2.45) is 5.92 Å². The van der Waals surface area contributed by atoms with Gasteiger partial charge in [-0.1, -0.05) is 13.3 Å². The summed E-state index contributed by atoms with van der Waals surface area (Å²) < 4.78 is 0. The highest BCUT2D eigenvalue weighted by Crippen LogP contribution is 2.12. The van der Waals surface area contributed by atoms with E-state index in [1.54, 1.807) is 6.92 Å². The van der Waals surface area contributed by atoms with Crippen molar-refractivity contribution < 1.29 is 10.2 Å². The zero-order valence-corrected chi connectivity index (χ0v) is 7.75. The minimum atomic E-state index is -0.219. The Morgan fingerprint density at radius 3 is 1.91 bits per heavy atom. The maximum Gasteiger partial charge on any atom is 0.0537 e. The Bertz CT molecular complexity index is 89.6. The molecule has 0 aliphatic heterocycles. The summed E-state index contributed by atoms with van der Waals surface area (Å²) in [5.74, 6) is 0.355. The molecule has 0 bridgehead atoms. The van der Waals surface area contributed by atoms with E-state index in [0.717, 1.165) is 19.3 Å². The summed E-state index contributed by atoms with van der Waals surface area (Å²) >= 11 is 0. The summed E-state index contributed by atoms with van der Waals surface area (Å²) in [7, 11) is 0. The van der Waals surface area contributed by atoms with Crippen LogP contribution in [0.3, 0.4) is 0 Å². The summed E-state index contributed by atoms with van der Waals surface area (Å²) in [6.07, 6.45) is 2.43. The fourth-order valence-electron chi connectivity index (χ4n) is 0.976. The lowest BCUT2D eigenvalue weighted by atomic mass is 9.98. The van der Waals surface area contributed by atoms with Gasteiger partial charge in [0.2, 0.25) is 0 Å². The smallest absolute Gasteiger partial charge is 0.0537 e. The van der Waals surface area contributed by atoms with E-state index in [2.05, 4.69) is 0 Å². The fraction of sp³-hybridized carbons (Fsp3) is 1.00. The maximum atomic E-state index is 9.12. The van der Waals surface area contributed by atoms with Gasteiger partial charge >= 0.3 is 0 Å². The van der Waals surface area contributed by atoms with E-state index >= 15 is 0 Å². The van der Waals surface area contributed by atoms with E-state index in [4.69, 9.17) is 10.2 Å². The number of aliphatic hydroxyl groups excluding tert-OH is 2. The number of rotatable bonds is 5. The van der Waals surface area contributed by atoms with Crippen LogP contribution < -0.4 is 0 Å². The molecule has 0 heterocycles. The summed E-state index contributed by atoms with van der Waals surface area (Å²) in [4.78, 5) is 0. The third kappa shape index (κ3) is 6.32. The molecule has 2 N–H and O–H groups in total. The molecule has 1 unspecified atom stereocenters. The molecule has 0 aliphatic rings. The molecule has 0 aromatic heterocycles. The van der Waals surface area contributed by atoms with E-state index < -0.39 is 0 Å². The molecule has 0 spiro atoms. The van der Waals surface area contributed by atoms with Gasteiger partial charge in [-0.15, -0.1) is 0 Å². The van der Waals surface area contributed by atoms with Crippen LogP contribution in [0.1, 0.15) is 40.0 Å². The Balaban J connectivity index is 3.24. The molecule has 0 aliphatic carbocycles. The number of aliphatic hydroxyl groups is 2. The molecule has 0 rings (SSSR count). The third-order valence-corrected chi connectivity index (χ3v) is 2.10. The van der Waals surface area contributed by atoms with Crippen LogP contribution in [-0.4, -0.2) is 22.4 Å². The fourth-order valence-corrected chi connectivity index (χ4v) is 0.976. The number of hydrogen-bond donors (Lipinski definition) is 2. The summed E-state index contributed by atoms with van der Waals surface area (Å²) in [5.41, 5.74) is 0. The molecule has 0 amide bonds. The minimum Gasteiger partial charge on any atom is -0.393 e. The van der Waals surface area contributed by atoms with Gasteiger partial charge in [0, 0.05) is 0 Å². The second-order valence-corrected chi connectivity index (χ2v) is 3.50. The Labute approximate surface area is 69.2 Å². The van der Waals surface area contributed by atoms with Crippen LogP contribution in [0.4, 0.5) is 0 Å². The second kappa shape index (κ2) is 5.56. The first-order chi connectivity index (χ1) is 5.04. The first-order valence-corrected chi connectivity index (χ1v) is 4.40. The minimum absolute atomic E-state index is 0.198. The van der Waals surface area contributed by atoms with E-state index in [1.807, 2.05) is 13.8 Å². The molecule has 2 heteroatoms. The molecule has 68 valence electrons. The maximum absolute atomic E-state index is 9.12. The van der Waals surface area contributed by atoms with Crippen LogP contribution in [0.25, 0.3) is 0 Å². The quantitative estimate of drug-likeness (QED) is 0.640. The lowest BCUT2D eigenvalue weighted by molar-refractivity contribution is 0.122. The van der Waals surface area contributed by atoms with Crippen molar-refractivity contribution in [2.75, 3.05) is 0 Å². The average molecular weight is 160 g/mol. The highest BCUT2D eigenvalue weighted by molar-refractivity contribution is 4.60. The Kier molecular flexibility index (Phi) is 5.51. The third-order valence-electron chi connectivity index (χ3n) is 2.10. The SMILES string of the molecule is CC(O)CCC[C@@H](C)[C@H](C)O. The molecule has 0 radical (unpaired) electrons. The second-order valence-electron chi connectivity index (χ2n) is 3.50. The van der Waals surface area contributed by atoms with Crippen LogP contribution in [0.15, 0.2) is 0 Å². The first-order valence-electron chi connectivity index (χ1n) is 4.40. The van der Waals surface area contributed by atoms with Gasteiger partial charge in [0.25, 0.3) is 0 Å². The van der Waals surface area contributed by atoms with Gasteiger partial charge in [-0.2, -0.15) is 0 Å². The largest absolute Gasteiger partial charge is 0.393 e. The van der Waals surface area contributed by atoms with Crippen molar-refractivity contribution in [1.29, 1.82) is 0 Å². The predicted molar refractivity (Wildman–Crippen MR) is 46.4 cm³/mol. The molecule has 0 aromatic carbocycles.